The van der Waals surface area contributed by atoms with Crippen molar-refractivity contribution in [2.24, 2.45) is 0 Å². The maximum atomic E-state index is 11.9. The van der Waals surface area contributed by atoms with E-state index >= 15 is 0 Å². The van der Waals surface area contributed by atoms with Gasteiger partial charge in [0.1, 0.15) is 0 Å². The average molecular weight is 285 g/mol. The van der Waals surface area contributed by atoms with Crippen molar-refractivity contribution in [2.45, 2.75) is 11.8 Å². The number of sulfonamides is 1. The summed E-state index contributed by atoms with van der Waals surface area (Å²) in [6, 6.07) is 4.88. The summed E-state index contributed by atoms with van der Waals surface area (Å²) in [6.45, 7) is 1.31. The Bertz CT molecular complexity index is 596. The average Bonchev–Trinajstić information content (AvgIpc) is 2.27. The van der Waals surface area contributed by atoms with Gasteiger partial charge in [0.25, 0.3) is 10.0 Å². The molecule has 8 heteroatoms. The van der Waals surface area contributed by atoms with Gasteiger partial charge in [-0.2, -0.15) is 0 Å². The summed E-state index contributed by atoms with van der Waals surface area (Å²) in [7, 11) is -1.10. The lowest BCUT2D eigenvalue weighted by Crippen LogP contribution is -2.38. The second kappa shape index (κ2) is 5.70. The third kappa shape index (κ3) is 4.25. The van der Waals surface area contributed by atoms with Gasteiger partial charge in [-0.1, -0.05) is 6.07 Å². The van der Waals surface area contributed by atoms with Crippen molar-refractivity contribution in [3.8, 4) is 0 Å². The van der Waals surface area contributed by atoms with Gasteiger partial charge in [-0.15, -0.1) is 0 Å². The summed E-state index contributed by atoms with van der Waals surface area (Å²) in [6.07, 6.45) is 0. The second-order valence-corrected chi connectivity index (χ2v) is 5.70. The first-order valence-corrected chi connectivity index (χ1v) is 6.82. The summed E-state index contributed by atoms with van der Waals surface area (Å²) in [5.74, 6) is -0.313. The van der Waals surface area contributed by atoms with Crippen LogP contribution >= 0.6 is 0 Å². The highest BCUT2D eigenvalue weighted by Crippen LogP contribution is 2.15. The lowest BCUT2D eigenvalue weighted by molar-refractivity contribution is -0.114. The van der Waals surface area contributed by atoms with Gasteiger partial charge in [0, 0.05) is 26.7 Å². The number of nitrogens with one attached hydrogen (secondary N) is 2. The van der Waals surface area contributed by atoms with E-state index in [-0.39, 0.29) is 10.8 Å². The normalized spacial score (nSPS) is 10.7. The number of nitrogens with zero attached hydrogens (tertiary/aromatic N) is 1. The van der Waals surface area contributed by atoms with E-state index in [1.54, 1.807) is 6.07 Å². The van der Waals surface area contributed by atoms with Crippen LogP contribution in [0.5, 0.6) is 0 Å². The molecule has 3 amide bonds. The molecule has 0 aliphatic carbocycles. The molecular weight excluding hydrogens is 270 g/mol. The molecule has 0 aromatic heterocycles. The van der Waals surface area contributed by atoms with E-state index in [9.17, 15) is 18.0 Å². The van der Waals surface area contributed by atoms with Crippen LogP contribution in [0, 0.1) is 0 Å². The minimum Gasteiger partial charge on any atom is -0.330 e. The minimum absolute atomic E-state index is 0.103. The summed E-state index contributed by atoms with van der Waals surface area (Å²) in [4.78, 5) is 23.3. The molecule has 0 saturated carbocycles. The molecule has 0 atom stereocenters. The number of anilines is 1. The Labute approximate surface area is 111 Å². The Morgan fingerprint density at radius 2 is 1.84 bits per heavy atom. The van der Waals surface area contributed by atoms with E-state index in [0.29, 0.717) is 5.69 Å². The quantitative estimate of drug-likeness (QED) is 0.850. The van der Waals surface area contributed by atoms with Crippen LogP contribution in [0.25, 0.3) is 0 Å². The van der Waals surface area contributed by atoms with E-state index in [1.165, 1.54) is 39.2 Å². The van der Waals surface area contributed by atoms with Gasteiger partial charge in [0.05, 0.1) is 4.90 Å². The van der Waals surface area contributed by atoms with Crippen LogP contribution < -0.4 is 10.0 Å². The lowest BCUT2D eigenvalue weighted by atomic mass is 10.3. The largest absolute Gasteiger partial charge is 0.330 e. The summed E-state index contributed by atoms with van der Waals surface area (Å²) in [5, 5.41) is 2.47. The fraction of sp³-hybridized carbons (Fsp3) is 0.273. The maximum Gasteiger partial charge on any atom is 0.330 e. The van der Waals surface area contributed by atoms with Gasteiger partial charge in [0.2, 0.25) is 5.91 Å². The van der Waals surface area contributed by atoms with E-state index < -0.39 is 16.1 Å². The fourth-order valence-electron chi connectivity index (χ4n) is 1.21. The topological polar surface area (TPSA) is 95.6 Å². The standard InChI is InChI=1S/C11H15N3O4S/c1-8(15)12-9-5-4-6-10(7-9)19(17,18)13-11(16)14(2)3/h4-7H,1-3H3,(H,12,15)(H,13,16). The Balaban J connectivity index is 3.02. The number of carbonyl (C=O) groups is 2. The molecule has 0 fully saturated rings. The molecule has 0 aliphatic heterocycles. The lowest BCUT2D eigenvalue weighted by Gasteiger charge is -2.13. The van der Waals surface area contributed by atoms with Gasteiger partial charge in [-0.05, 0) is 18.2 Å². The van der Waals surface area contributed by atoms with Crippen LogP contribution in [0.3, 0.4) is 0 Å². The molecule has 0 radical (unpaired) electrons. The van der Waals surface area contributed by atoms with E-state index in [1.807, 2.05) is 4.72 Å². The number of urea groups is 1. The zero-order valence-electron chi connectivity index (χ0n) is 10.8. The fourth-order valence-corrected chi connectivity index (χ4v) is 2.28. The van der Waals surface area contributed by atoms with Crippen molar-refractivity contribution in [1.82, 2.24) is 9.62 Å². The predicted molar refractivity (Wildman–Crippen MR) is 70.2 cm³/mol. The number of amides is 3. The van der Waals surface area contributed by atoms with Gasteiger partial charge >= 0.3 is 6.03 Å². The third-order valence-electron chi connectivity index (χ3n) is 2.09. The van der Waals surface area contributed by atoms with Crippen LogP contribution in [0.2, 0.25) is 0 Å². The van der Waals surface area contributed by atoms with Crippen molar-refractivity contribution in [3.05, 3.63) is 24.3 Å². The zero-order valence-corrected chi connectivity index (χ0v) is 11.6. The van der Waals surface area contributed by atoms with E-state index in [0.717, 1.165) is 4.90 Å². The summed E-state index contributed by atoms with van der Waals surface area (Å²) < 4.78 is 25.7. The number of benzene rings is 1. The highest BCUT2D eigenvalue weighted by Gasteiger charge is 2.18. The van der Waals surface area contributed by atoms with Gasteiger partial charge < -0.3 is 10.2 Å². The third-order valence-corrected chi connectivity index (χ3v) is 3.41. The van der Waals surface area contributed by atoms with Crippen molar-refractivity contribution in [3.63, 3.8) is 0 Å². The molecule has 0 spiro atoms. The van der Waals surface area contributed by atoms with Crippen LogP contribution in [0.4, 0.5) is 10.5 Å². The van der Waals surface area contributed by atoms with Crippen molar-refractivity contribution < 1.29 is 18.0 Å². The molecule has 1 aromatic carbocycles. The smallest absolute Gasteiger partial charge is 0.330 e. The Morgan fingerprint density at radius 3 is 2.37 bits per heavy atom. The highest BCUT2D eigenvalue weighted by molar-refractivity contribution is 7.90. The van der Waals surface area contributed by atoms with Crippen molar-refractivity contribution in [2.75, 3.05) is 19.4 Å². The molecular formula is C11H15N3O4S. The zero-order chi connectivity index (χ0) is 14.6. The number of hydrogen-bond donors (Lipinski definition) is 2. The molecule has 0 bridgehead atoms. The molecule has 0 heterocycles. The number of carbonyl (C=O) groups excluding carboxylic acids is 2. The maximum absolute atomic E-state index is 11.9. The Kier molecular flexibility index (Phi) is 4.49. The van der Waals surface area contributed by atoms with E-state index in [4.69, 9.17) is 0 Å². The van der Waals surface area contributed by atoms with Crippen LogP contribution in [0.1, 0.15) is 6.92 Å². The summed E-state index contributed by atoms with van der Waals surface area (Å²) in [5.41, 5.74) is 0.340. The van der Waals surface area contributed by atoms with E-state index in [2.05, 4.69) is 5.32 Å². The molecule has 1 aromatic rings. The number of rotatable bonds is 3. The van der Waals surface area contributed by atoms with Crippen LogP contribution in [-0.2, 0) is 14.8 Å². The molecule has 7 nitrogen and oxygen atoms in total. The number of hydrogen-bond acceptors (Lipinski definition) is 4. The first-order valence-electron chi connectivity index (χ1n) is 5.34. The molecule has 1 rings (SSSR count). The van der Waals surface area contributed by atoms with Crippen molar-refractivity contribution >= 4 is 27.6 Å². The second-order valence-electron chi connectivity index (χ2n) is 4.01. The molecule has 0 saturated heterocycles. The Morgan fingerprint density at radius 1 is 1.21 bits per heavy atom. The van der Waals surface area contributed by atoms with Crippen LogP contribution in [-0.4, -0.2) is 39.4 Å². The molecule has 2 N–H and O–H groups in total. The monoisotopic (exact) mass is 285 g/mol. The molecule has 0 unspecified atom stereocenters. The van der Waals surface area contributed by atoms with Gasteiger partial charge in [-0.3, -0.25) is 4.79 Å². The SMILES string of the molecule is CC(=O)Nc1cccc(S(=O)(=O)NC(=O)N(C)C)c1. The van der Waals surface area contributed by atoms with Crippen LogP contribution in [0.15, 0.2) is 29.2 Å². The summed E-state index contributed by atoms with van der Waals surface area (Å²) >= 11 is 0. The predicted octanol–water partition coefficient (Wildman–Crippen LogP) is 0.605. The minimum atomic E-state index is -3.96. The molecule has 19 heavy (non-hydrogen) atoms. The molecule has 104 valence electrons. The first kappa shape index (κ1) is 15.0. The molecule has 0 aliphatic rings. The Hall–Kier alpha value is -2.09. The van der Waals surface area contributed by atoms with Gasteiger partial charge in [0.15, 0.2) is 0 Å². The van der Waals surface area contributed by atoms with Gasteiger partial charge in [-0.25, -0.2) is 17.9 Å². The highest BCUT2D eigenvalue weighted by atomic mass is 32.2. The van der Waals surface area contributed by atoms with Crippen molar-refractivity contribution in [1.29, 1.82) is 0 Å². The first-order chi connectivity index (χ1) is 8.72.